The summed E-state index contributed by atoms with van der Waals surface area (Å²) in [4.78, 5) is 24.4. The number of amides is 1. The molecule has 0 bridgehead atoms. The van der Waals surface area contributed by atoms with Gasteiger partial charge in [0.1, 0.15) is 0 Å². The van der Waals surface area contributed by atoms with Gasteiger partial charge in [-0.3, -0.25) is 5.32 Å². The van der Waals surface area contributed by atoms with Crippen LogP contribution in [0.1, 0.15) is 15.9 Å². The molecule has 7 heteroatoms. The molecular formula is C24H21N3O4. The fourth-order valence-corrected chi connectivity index (χ4v) is 3.32. The van der Waals surface area contributed by atoms with Crippen molar-refractivity contribution in [2.45, 2.75) is 0 Å². The number of hydrogen-bond acceptors (Lipinski definition) is 6. The molecule has 31 heavy (non-hydrogen) atoms. The van der Waals surface area contributed by atoms with Crippen LogP contribution in [-0.2, 0) is 9.47 Å². The van der Waals surface area contributed by atoms with Gasteiger partial charge in [0.05, 0.1) is 42.8 Å². The Morgan fingerprint density at radius 1 is 0.903 bits per heavy atom. The average Bonchev–Trinajstić information content (AvgIpc) is 2.83. The molecule has 0 aliphatic heterocycles. The monoisotopic (exact) mass is 415 g/mol. The molecule has 0 saturated carbocycles. The molecule has 0 aliphatic rings. The van der Waals surface area contributed by atoms with Crippen LogP contribution in [0.15, 0.2) is 60.7 Å². The zero-order valence-corrected chi connectivity index (χ0v) is 17.4. The second-order valence-corrected chi connectivity index (χ2v) is 6.50. The van der Waals surface area contributed by atoms with Crippen LogP contribution < -0.4 is 10.6 Å². The van der Waals surface area contributed by atoms with Crippen LogP contribution in [0, 0.1) is 11.3 Å². The number of anilines is 2. The van der Waals surface area contributed by atoms with Crippen molar-refractivity contribution >= 4 is 23.4 Å². The first-order valence-corrected chi connectivity index (χ1v) is 9.42. The molecule has 0 fully saturated rings. The van der Waals surface area contributed by atoms with Crippen LogP contribution in [-0.4, -0.2) is 33.3 Å². The van der Waals surface area contributed by atoms with Gasteiger partial charge in [-0.25, -0.2) is 9.59 Å². The Morgan fingerprint density at radius 3 is 2.19 bits per heavy atom. The van der Waals surface area contributed by atoms with E-state index in [1.54, 1.807) is 25.2 Å². The molecule has 7 nitrogen and oxygen atoms in total. The first-order chi connectivity index (χ1) is 15.0. The van der Waals surface area contributed by atoms with Crippen molar-refractivity contribution in [1.29, 1.82) is 5.26 Å². The average molecular weight is 415 g/mol. The Balaban J connectivity index is 2.19. The maximum atomic E-state index is 12.5. The molecule has 2 N–H and O–H groups in total. The summed E-state index contributed by atoms with van der Waals surface area (Å²) in [6, 6.07) is 20.2. The third kappa shape index (κ3) is 4.33. The van der Waals surface area contributed by atoms with Gasteiger partial charge in [-0.05, 0) is 34.9 Å². The van der Waals surface area contributed by atoms with E-state index in [-0.39, 0.29) is 5.56 Å². The zero-order valence-electron chi connectivity index (χ0n) is 17.4. The number of ether oxygens (including phenoxy) is 2. The third-order valence-corrected chi connectivity index (χ3v) is 4.82. The second-order valence-electron chi connectivity index (χ2n) is 6.50. The van der Waals surface area contributed by atoms with Crippen LogP contribution in [0.5, 0.6) is 0 Å². The lowest BCUT2D eigenvalue weighted by molar-refractivity contribution is 0.0601. The van der Waals surface area contributed by atoms with Crippen LogP contribution in [0.25, 0.3) is 22.3 Å². The summed E-state index contributed by atoms with van der Waals surface area (Å²) in [5.41, 5.74) is 4.68. The largest absolute Gasteiger partial charge is 0.465 e. The Hall–Kier alpha value is -4.31. The first-order valence-electron chi connectivity index (χ1n) is 9.42. The topological polar surface area (TPSA) is 100 Å². The fraction of sp³-hybridized carbons (Fsp3) is 0.125. The van der Waals surface area contributed by atoms with Crippen LogP contribution in [0.4, 0.5) is 16.2 Å². The van der Waals surface area contributed by atoms with E-state index in [4.69, 9.17) is 9.47 Å². The van der Waals surface area contributed by atoms with Crippen molar-refractivity contribution in [3.8, 4) is 28.3 Å². The minimum absolute atomic E-state index is 0.290. The quantitative estimate of drug-likeness (QED) is 0.575. The minimum atomic E-state index is -0.667. The standard InChI is InChI=1S/C24H21N3O4/c1-26-20-13-12-19(23(28)30-2)21(22(20)27-24(29)31-3)16-10-8-15(9-11-16)18-7-5-4-6-17(18)14-25/h4-13,26H,1-3H3,(H,27,29). The summed E-state index contributed by atoms with van der Waals surface area (Å²) in [7, 11) is 4.27. The second kappa shape index (κ2) is 9.46. The molecule has 0 saturated heterocycles. The Labute approximate surface area is 180 Å². The maximum Gasteiger partial charge on any atom is 0.411 e. The summed E-state index contributed by atoms with van der Waals surface area (Å²) in [6.45, 7) is 0. The van der Waals surface area contributed by atoms with E-state index in [1.807, 2.05) is 42.5 Å². The number of carbonyl (C=O) groups excluding carboxylic acids is 2. The van der Waals surface area contributed by atoms with Gasteiger partial charge in [-0.15, -0.1) is 0 Å². The molecule has 3 aromatic rings. The zero-order chi connectivity index (χ0) is 22.4. The van der Waals surface area contributed by atoms with Crippen LogP contribution >= 0.6 is 0 Å². The molecular weight excluding hydrogens is 394 g/mol. The SMILES string of the molecule is CNc1ccc(C(=O)OC)c(-c2ccc(-c3ccccc3C#N)cc2)c1NC(=O)OC. The van der Waals surface area contributed by atoms with Gasteiger partial charge in [0.25, 0.3) is 0 Å². The number of benzene rings is 3. The minimum Gasteiger partial charge on any atom is -0.465 e. The Morgan fingerprint density at radius 2 is 1.58 bits per heavy atom. The van der Waals surface area contributed by atoms with Gasteiger partial charge in [0.2, 0.25) is 0 Å². The van der Waals surface area contributed by atoms with E-state index >= 15 is 0 Å². The smallest absolute Gasteiger partial charge is 0.411 e. The number of nitrogens with one attached hydrogen (secondary N) is 2. The number of esters is 1. The molecule has 3 rings (SSSR count). The molecule has 0 radical (unpaired) electrons. The molecule has 0 aromatic heterocycles. The lowest BCUT2D eigenvalue weighted by Gasteiger charge is -2.18. The van der Waals surface area contributed by atoms with E-state index in [1.165, 1.54) is 14.2 Å². The number of carbonyl (C=O) groups is 2. The van der Waals surface area contributed by atoms with Gasteiger partial charge in [-0.1, -0.05) is 42.5 Å². The maximum absolute atomic E-state index is 12.5. The molecule has 156 valence electrons. The third-order valence-electron chi connectivity index (χ3n) is 4.82. The summed E-state index contributed by atoms with van der Waals surface area (Å²) in [5, 5.41) is 15.1. The molecule has 0 heterocycles. The van der Waals surface area contributed by atoms with E-state index < -0.39 is 12.1 Å². The van der Waals surface area contributed by atoms with Crippen LogP contribution in [0.2, 0.25) is 0 Å². The summed E-state index contributed by atoms with van der Waals surface area (Å²) in [5.74, 6) is -0.538. The number of nitrogens with zero attached hydrogens (tertiary/aromatic N) is 1. The molecule has 0 aliphatic carbocycles. The van der Waals surface area contributed by atoms with E-state index in [2.05, 4.69) is 16.7 Å². The summed E-state index contributed by atoms with van der Waals surface area (Å²) >= 11 is 0. The van der Waals surface area contributed by atoms with Crippen LogP contribution in [0.3, 0.4) is 0 Å². The van der Waals surface area contributed by atoms with Gasteiger partial charge < -0.3 is 14.8 Å². The molecule has 1 amide bonds. The van der Waals surface area contributed by atoms with Crippen molar-refractivity contribution < 1.29 is 19.1 Å². The van der Waals surface area contributed by atoms with Crippen molar-refractivity contribution in [3.63, 3.8) is 0 Å². The number of hydrogen-bond donors (Lipinski definition) is 2. The van der Waals surface area contributed by atoms with Gasteiger partial charge in [0, 0.05) is 12.6 Å². The van der Waals surface area contributed by atoms with Gasteiger partial charge in [-0.2, -0.15) is 5.26 Å². The number of methoxy groups -OCH3 is 2. The van der Waals surface area contributed by atoms with E-state index in [9.17, 15) is 14.9 Å². The molecule has 0 spiro atoms. The first kappa shape index (κ1) is 21.4. The molecule has 0 unspecified atom stereocenters. The number of nitriles is 1. The predicted octanol–water partition coefficient (Wildman–Crippen LogP) is 4.90. The summed E-state index contributed by atoms with van der Waals surface area (Å²) < 4.78 is 9.69. The fourth-order valence-electron chi connectivity index (χ4n) is 3.32. The highest BCUT2D eigenvalue weighted by Crippen LogP contribution is 2.39. The number of rotatable bonds is 5. The van der Waals surface area contributed by atoms with Gasteiger partial charge >= 0.3 is 12.1 Å². The van der Waals surface area contributed by atoms with Gasteiger partial charge in [0.15, 0.2) is 0 Å². The van der Waals surface area contributed by atoms with E-state index in [0.717, 1.165) is 11.1 Å². The van der Waals surface area contributed by atoms with Crippen molar-refractivity contribution in [3.05, 3.63) is 71.8 Å². The van der Waals surface area contributed by atoms with Crippen molar-refractivity contribution in [2.24, 2.45) is 0 Å². The highest BCUT2D eigenvalue weighted by molar-refractivity contribution is 6.07. The normalized spacial score (nSPS) is 10.0. The lowest BCUT2D eigenvalue weighted by atomic mass is 9.93. The van der Waals surface area contributed by atoms with Crippen molar-refractivity contribution in [1.82, 2.24) is 0 Å². The van der Waals surface area contributed by atoms with Crippen molar-refractivity contribution in [2.75, 3.05) is 31.9 Å². The predicted molar refractivity (Wildman–Crippen MR) is 119 cm³/mol. The Kier molecular flexibility index (Phi) is 6.53. The molecule has 0 atom stereocenters. The summed E-state index contributed by atoms with van der Waals surface area (Å²) in [6.07, 6.45) is -0.667. The highest BCUT2D eigenvalue weighted by Gasteiger charge is 2.22. The highest BCUT2D eigenvalue weighted by atomic mass is 16.5. The van der Waals surface area contributed by atoms with E-state index in [0.29, 0.717) is 28.1 Å². The Bertz CT molecular complexity index is 1160. The lowest BCUT2D eigenvalue weighted by Crippen LogP contribution is -2.15. The molecule has 3 aromatic carbocycles.